The molecular formula is C13H13NO2. The number of nitrogens with zero attached hydrogens (tertiary/aromatic N) is 1. The Labute approximate surface area is 93.7 Å². The van der Waals surface area contributed by atoms with Gasteiger partial charge in [-0.05, 0) is 17.0 Å². The van der Waals surface area contributed by atoms with Gasteiger partial charge in [0.1, 0.15) is 5.60 Å². The number of fused-ring (bicyclic) bond motifs is 1. The molecule has 3 heteroatoms. The molecule has 2 aromatic rings. The van der Waals surface area contributed by atoms with E-state index in [1.54, 1.807) is 12.4 Å². The van der Waals surface area contributed by atoms with E-state index in [4.69, 9.17) is 4.74 Å². The monoisotopic (exact) mass is 215 g/mol. The van der Waals surface area contributed by atoms with Gasteiger partial charge in [0.05, 0.1) is 6.61 Å². The number of pyridine rings is 1. The second kappa shape index (κ2) is 3.54. The maximum atomic E-state index is 10.5. The average molecular weight is 215 g/mol. The van der Waals surface area contributed by atoms with Gasteiger partial charge in [-0.3, -0.25) is 4.98 Å². The molecule has 0 radical (unpaired) electrons. The molecule has 1 aromatic carbocycles. The van der Waals surface area contributed by atoms with Gasteiger partial charge in [0.15, 0.2) is 0 Å². The molecule has 3 rings (SSSR count). The fourth-order valence-electron chi connectivity index (χ4n) is 2.29. The maximum Gasteiger partial charge on any atom is 0.116 e. The molecule has 1 saturated heterocycles. The largest absolute Gasteiger partial charge is 0.383 e. The SMILES string of the molecule is OC1(c2cccc3ccncc23)CCOC1. The highest BCUT2D eigenvalue weighted by Gasteiger charge is 2.35. The molecular weight excluding hydrogens is 202 g/mol. The van der Waals surface area contributed by atoms with Crippen molar-refractivity contribution >= 4 is 10.8 Å². The van der Waals surface area contributed by atoms with Gasteiger partial charge in [0.25, 0.3) is 0 Å². The van der Waals surface area contributed by atoms with E-state index in [0.717, 1.165) is 16.3 Å². The molecule has 0 saturated carbocycles. The van der Waals surface area contributed by atoms with Crippen molar-refractivity contribution in [3.8, 4) is 0 Å². The minimum Gasteiger partial charge on any atom is -0.383 e. The van der Waals surface area contributed by atoms with Crippen molar-refractivity contribution in [1.82, 2.24) is 4.98 Å². The van der Waals surface area contributed by atoms with Crippen LogP contribution in [-0.2, 0) is 10.3 Å². The molecule has 2 heterocycles. The van der Waals surface area contributed by atoms with Gasteiger partial charge in [0, 0.05) is 30.8 Å². The van der Waals surface area contributed by atoms with Crippen molar-refractivity contribution in [2.75, 3.05) is 13.2 Å². The van der Waals surface area contributed by atoms with Crippen LogP contribution in [0.4, 0.5) is 0 Å². The third-order valence-electron chi connectivity index (χ3n) is 3.19. The lowest BCUT2D eigenvalue weighted by molar-refractivity contribution is 0.0245. The lowest BCUT2D eigenvalue weighted by atomic mass is 9.89. The summed E-state index contributed by atoms with van der Waals surface area (Å²) in [6.07, 6.45) is 4.23. The Kier molecular flexibility index (Phi) is 2.16. The first-order chi connectivity index (χ1) is 7.80. The van der Waals surface area contributed by atoms with E-state index >= 15 is 0 Å². The highest BCUT2D eigenvalue weighted by molar-refractivity contribution is 5.85. The normalized spacial score (nSPS) is 25.1. The Morgan fingerprint density at radius 2 is 2.25 bits per heavy atom. The van der Waals surface area contributed by atoms with Crippen molar-refractivity contribution in [2.24, 2.45) is 0 Å². The third kappa shape index (κ3) is 1.40. The predicted molar refractivity (Wildman–Crippen MR) is 61.1 cm³/mol. The van der Waals surface area contributed by atoms with Crippen LogP contribution in [0.25, 0.3) is 10.8 Å². The van der Waals surface area contributed by atoms with Gasteiger partial charge in [-0.15, -0.1) is 0 Å². The first kappa shape index (κ1) is 9.75. The number of hydrogen-bond acceptors (Lipinski definition) is 3. The van der Waals surface area contributed by atoms with E-state index in [9.17, 15) is 5.11 Å². The number of rotatable bonds is 1. The number of benzene rings is 1. The zero-order valence-electron chi connectivity index (χ0n) is 8.89. The molecule has 1 aliphatic heterocycles. The molecule has 1 unspecified atom stereocenters. The summed E-state index contributed by atoms with van der Waals surface area (Å²) in [5.41, 5.74) is 0.0818. The van der Waals surface area contributed by atoms with E-state index in [2.05, 4.69) is 4.98 Å². The molecule has 82 valence electrons. The predicted octanol–water partition coefficient (Wildman–Crippen LogP) is 1.84. The van der Waals surface area contributed by atoms with Crippen LogP contribution in [-0.4, -0.2) is 23.3 Å². The minimum atomic E-state index is -0.845. The first-order valence-electron chi connectivity index (χ1n) is 5.43. The number of hydrogen-bond donors (Lipinski definition) is 1. The molecule has 1 N–H and O–H groups in total. The van der Waals surface area contributed by atoms with Crippen LogP contribution in [0.15, 0.2) is 36.7 Å². The summed E-state index contributed by atoms with van der Waals surface area (Å²) in [6, 6.07) is 7.91. The fourth-order valence-corrected chi connectivity index (χ4v) is 2.29. The van der Waals surface area contributed by atoms with E-state index in [-0.39, 0.29) is 0 Å². The van der Waals surface area contributed by atoms with Crippen molar-refractivity contribution in [3.05, 3.63) is 42.2 Å². The van der Waals surface area contributed by atoms with Crippen molar-refractivity contribution in [3.63, 3.8) is 0 Å². The zero-order valence-corrected chi connectivity index (χ0v) is 8.89. The fraction of sp³-hybridized carbons (Fsp3) is 0.308. The lowest BCUT2D eigenvalue weighted by Gasteiger charge is -2.22. The molecule has 1 aromatic heterocycles. The van der Waals surface area contributed by atoms with Crippen molar-refractivity contribution in [1.29, 1.82) is 0 Å². The lowest BCUT2D eigenvalue weighted by Crippen LogP contribution is -2.25. The van der Waals surface area contributed by atoms with Crippen LogP contribution in [0.3, 0.4) is 0 Å². The second-order valence-electron chi connectivity index (χ2n) is 4.24. The van der Waals surface area contributed by atoms with Gasteiger partial charge in [-0.25, -0.2) is 0 Å². The molecule has 1 aliphatic rings. The third-order valence-corrected chi connectivity index (χ3v) is 3.19. The molecule has 0 aliphatic carbocycles. The summed E-state index contributed by atoms with van der Waals surface area (Å²) in [5, 5.41) is 12.6. The van der Waals surface area contributed by atoms with Crippen LogP contribution in [0.2, 0.25) is 0 Å². The van der Waals surface area contributed by atoms with Gasteiger partial charge in [-0.2, -0.15) is 0 Å². The Morgan fingerprint density at radius 3 is 3.06 bits per heavy atom. The highest BCUT2D eigenvalue weighted by Crippen LogP contribution is 2.34. The summed E-state index contributed by atoms with van der Waals surface area (Å²) in [6.45, 7) is 0.994. The minimum absolute atomic E-state index is 0.376. The van der Waals surface area contributed by atoms with Gasteiger partial charge in [0.2, 0.25) is 0 Å². The quantitative estimate of drug-likeness (QED) is 0.789. The van der Waals surface area contributed by atoms with E-state index in [1.807, 2.05) is 24.3 Å². The standard InChI is InChI=1S/C13H13NO2/c15-13(5-7-16-9-13)12-3-1-2-10-4-6-14-8-11(10)12/h1-4,6,8,15H,5,7,9H2. The molecule has 16 heavy (non-hydrogen) atoms. The molecule has 1 atom stereocenters. The summed E-state index contributed by atoms with van der Waals surface area (Å²) in [7, 11) is 0. The Bertz CT molecular complexity index is 513. The Hall–Kier alpha value is -1.45. The van der Waals surface area contributed by atoms with Crippen LogP contribution in [0, 0.1) is 0 Å². The van der Waals surface area contributed by atoms with Crippen LogP contribution >= 0.6 is 0 Å². The zero-order chi connectivity index (χ0) is 11.0. The molecule has 0 spiro atoms. The summed E-state index contributed by atoms with van der Waals surface area (Å²) in [4.78, 5) is 4.12. The molecule has 0 bridgehead atoms. The Balaban J connectivity index is 2.23. The highest BCUT2D eigenvalue weighted by atomic mass is 16.5. The summed E-state index contributed by atoms with van der Waals surface area (Å²) < 4.78 is 5.29. The van der Waals surface area contributed by atoms with Gasteiger partial charge in [-0.1, -0.05) is 18.2 Å². The van der Waals surface area contributed by atoms with Crippen molar-refractivity contribution in [2.45, 2.75) is 12.0 Å². The number of aliphatic hydroxyl groups is 1. The van der Waals surface area contributed by atoms with E-state index in [1.165, 1.54) is 0 Å². The van der Waals surface area contributed by atoms with Gasteiger partial charge < -0.3 is 9.84 Å². The second-order valence-corrected chi connectivity index (χ2v) is 4.24. The molecule has 0 amide bonds. The van der Waals surface area contributed by atoms with Crippen LogP contribution in [0.5, 0.6) is 0 Å². The summed E-state index contributed by atoms with van der Waals surface area (Å²) in [5.74, 6) is 0. The average Bonchev–Trinajstić information content (AvgIpc) is 2.77. The first-order valence-corrected chi connectivity index (χ1v) is 5.43. The van der Waals surface area contributed by atoms with Crippen LogP contribution in [0.1, 0.15) is 12.0 Å². The van der Waals surface area contributed by atoms with Crippen molar-refractivity contribution < 1.29 is 9.84 Å². The smallest absolute Gasteiger partial charge is 0.116 e. The van der Waals surface area contributed by atoms with E-state index in [0.29, 0.717) is 19.6 Å². The number of ether oxygens (including phenoxy) is 1. The molecule has 3 nitrogen and oxygen atoms in total. The van der Waals surface area contributed by atoms with Gasteiger partial charge >= 0.3 is 0 Å². The Morgan fingerprint density at radius 1 is 1.31 bits per heavy atom. The summed E-state index contributed by atoms with van der Waals surface area (Å²) >= 11 is 0. The van der Waals surface area contributed by atoms with E-state index < -0.39 is 5.60 Å². The van der Waals surface area contributed by atoms with Crippen LogP contribution < -0.4 is 0 Å². The number of aromatic nitrogens is 1. The molecule has 1 fully saturated rings. The topological polar surface area (TPSA) is 42.4 Å². The maximum absolute atomic E-state index is 10.5.